The van der Waals surface area contributed by atoms with Gasteiger partial charge in [0.05, 0.1) is 45.8 Å². The fraction of sp³-hybridized carbons (Fsp3) is 0.419. The number of benzene rings is 1. The van der Waals surface area contributed by atoms with Crippen molar-refractivity contribution in [3.8, 4) is 38.1 Å². The van der Waals surface area contributed by atoms with Gasteiger partial charge in [-0.3, -0.25) is 14.4 Å². The zero-order valence-corrected chi connectivity index (χ0v) is 36.2. The maximum atomic E-state index is 13.4. The number of hydrogen-bond donors (Lipinski definition) is 0. The second kappa shape index (κ2) is 16.7. The van der Waals surface area contributed by atoms with Gasteiger partial charge in [-0.15, -0.1) is 22.7 Å². The minimum Gasteiger partial charge on any atom is -0.496 e. The summed E-state index contributed by atoms with van der Waals surface area (Å²) in [6.45, 7) is 13.0. The third-order valence-corrected chi connectivity index (χ3v) is 12.6. The largest absolute Gasteiger partial charge is 0.496 e. The Morgan fingerprint density at radius 2 is 1.43 bits per heavy atom. The van der Waals surface area contributed by atoms with E-state index in [0.29, 0.717) is 48.0 Å². The Kier molecular flexibility index (Phi) is 12.3. The van der Waals surface area contributed by atoms with Crippen LogP contribution in [0.2, 0.25) is 0 Å². The lowest BCUT2D eigenvalue weighted by atomic mass is 9.90. The molecule has 2 unspecified atom stereocenters. The second-order valence-corrected chi connectivity index (χ2v) is 18.2. The predicted molar refractivity (Wildman–Crippen MR) is 224 cm³/mol. The van der Waals surface area contributed by atoms with Crippen molar-refractivity contribution in [1.29, 1.82) is 0 Å². The van der Waals surface area contributed by atoms with Crippen molar-refractivity contribution in [2.75, 3.05) is 28.3 Å². The second-order valence-electron chi connectivity index (χ2n) is 16.3. The van der Waals surface area contributed by atoms with E-state index in [-0.39, 0.29) is 28.7 Å². The molecular formula is C43H50F2N6O5S2. The van der Waals surface area contributed by atoms with E-state index in [1.54, 1.807) is 46.9 Å². The summed E-state index contributed by atoms with van der Waals surface area (Å²) in [6.07, 6.45) is 0.819. The van der Waals surface area contributed by atoms with Crippen LogP contribution in [0.15, 0.2) is 59.3 Å². The first kappa shape index (κ1) is 42.6. The molecule has 15 heteroatoms. The molecule has 308 valence electrons. The summed E-state index contributed by atoms with van der Waals surface area (Å²) in [6, 6.07) is 11.5. The minimum atomic E-state index is -1.77. The molecule has 2 aliphatic rings. The van der Waals surface area contributed by atoms with E-state index in [1.807, 2.05) is 93.3 Å². The lowest BCUT2D eigenvalue weighted by Crippen LogP contribution is -2.44. The number of amides is 2. The number of aryl methyl sites for hydroxylation is 1. The molecule has 0 bridgehead atoms. The van der Waals surface area contributed by atoms with Gasteiger partial charge < -0.3 is 28.4 Å². The van der Waals surface area contributed by atoms with Crippen molar-refractivity contribution in [2.24, 2.45) is 0 Å². The Balaban J connectivity index is 0.000000196. The Labute approximate surface area is 345 Å². The van der Waals surface area contributed by atoms with E-state index >= 15 is 0 Å². The standard InChI is InChI=1S/C23H25N3O3S.C20H25F2N3O2S/c1-23(2,3)25(4)22(28)21-24-19(18-7-6-10-30-18)20-16-11-15(13-27)17(29-5)12-14(16)8-9-26(20)21;1-20(2,3)24(4)19(26)18-23-16(14-7-6-10-28-14)17-12(11-15(21)22)13(27-5)8-9-25(17)18/h6-7,10-13H,8-9H2,1-5H3;6-7,10-13H,8-9H2,1-5H3. The highest BCUT2D eigenvalue weighted by Crippen LogP contribution is 2.43. The van der Waals surface area contributed by atoms with Crippen molar-refractivity contribution >= 4 is 40.8 Å². The molecule has 58 heavy (non-hydrogen) atoms. The average molecular weight is 833 g/mol. The quantitative estimate of drug-likeness (QED) is 0.143. The molecule has 0 aliphatic carbocycles. The maximum Gasteiger partial charge on any atom is 0.290 e. The zero-order valence-electron chi connectivity index (χ0n) is 34.6. The van der Waals surface area contributed by atoms with Crippen molar-refractivity contribution in [3.05, 3.63) is 87.8 Å². The molecule has 6 heterocycles. The van der Waals surface area contributed by atoms with Crippen molar-refractivity contribution in [2.45, 2.75) is 90.6 Å². The van der Waals surface area contributed by atoms with E-state index in [9.17, 15) is 23.2 Å². The molecule has 4 aromatic heterocycles. The van der Waals surface area contributed by atoms with Gasteiger partial charge in [-0.05, 0) is 101 Å². The molecule has 0 radical (unpaired) electrons. The molecule has 2 atom stereocenters. The lowest BCUT2D eigenvalue weighted by molar-refractivity contribution is 0.0587. The van der Waals surface area contributed by atoms with E-state index in [2.05, 4.69) is 4.98 Å². The number of ether oxygens (including phenoxy) is 2. The summed E-state index contributed by atoms with van der Waals surface area (Å²) in [5.41, 5.74) is 4.64. The van der Waals surface area contributed by atoms with Crippen LogP contribution >= 0.6 is 22.7 Å². The van der Waals surface area contributed by atoms with Gasteiger partial charge in [0.2, 0.25) is 0 Å². The van der Waals surface area contributed by atoms with Crippen LogP contribution < -0.4 is 4.74 Å². The highest BCUT2D eigenvalue weighted by atomic mass is 32.1. The molecule has 11 nitrogen and oxygen atoms in total. The molecule has 2 amide bonds. The van der Waals surface area contributed by atoms with E-state index < -0.39 is 18.1 Å². The zero-order chi connectivity index (χ0) is 42.3. The Morgan fingerprint density at radius 3 is 1.93 bits per heavy atom. The summed E-state index contributed by atoms with van der Waals surface area (Å²) in [5.74, 6) is 0.269. The smallest absolute Gasteiger partial charge is 0.290 e. The average Bonchev–Trinajstić information content (AvgIpc) is 4.02. The van der Waals surface area contributed by atoms with Crippen LogP contribution in [0.3, 0.4) is 0 Å². The Bertz CT molecular complexity index is 2330. The number of hydrogen-bond acceptors (Lipinski definition) is 9. The normalized spacial score (nSPS) is 15.9. The third-order valence-electron chi connectivity index (χ3n) is 10.9. The number of carbonyl (C=O) groups is 3. The maximum absolute atomic E-state index is 13.4. The van der Waals surface area contributed by atoms with Crippen LogP contribution in [0.1, 0.15) is 96.7 Å². The fourth-order valence-corrected chi connectivity index (χ4v) is 8.59. The van der Waals surface area contributed by atoms with Gasteiger partial charge in [-0.1, -0.05) is 12.1 Å². The van der Waals surface area contributed by atoms with Crippen molar-refractivity contribution in [1.82, 2.24) is 28.9 Å². The van der Waals surface area contributed by atoms with Crippen molar-refractivity contribution < 1.29 is 32.6 Å². The van der Waals surface area contributed by atoms with Crippen LogP contribution in [0.25, 0.3) is 32.4 Å². The van der Waals surface area contributed by atoms with Gasteiger partial charge in [0.15, 0.2) is 17.9 Å². The highest BCUT2D eigenvalue weighted by Gasteiger charge is 2.38. The third kappa shape index (κ3) is 8.16. The summed E-state index contributed by atoms with van der Waals surface area (Å²) in [5, 5.41) is 3.90. The topological polar surface area (TPSA) is 112 Å². The van der Waals surface area contributed by atoms with Gasteiger partial charge in [0.1, 0.15) is 17.1 Å². The monoisotopic (exact) mass is 832 g/mol. The van der Waals surface area contributed by atoms with Gasteiger partial charge in [0, 0.05) is 50.9 Å². The van der Waals surface area contributed by atoms with Gasteiger partial charge in [-0.25, -0.2) is 9.97 Å². The molecule has 0 N–H and O–H groups in total. The van der Waals surface area contributed by atoms with E-state index in [1.165, 1.54) is 18.4 Å². The van der Waals surface area contributed by atoms with Crippen LogP contribution in [0.4, 0.5) is 8.78 Å². The molecule has 0 saturated heterocycles. The lowest BCUT2D eigenvalue weighted by Gasteiger charge is -2.33. The number of imidazole rings is 2. The summed E-state index contributed by atoms with van der Waals surface area (Å²) in [7, 11) is 6.63. The number of fused-ring (bicyclic) bond motifs is 4. The summed E-state index contributed by atoms with van der Waals surface area (Å²) in [4.78, 5) is 52.8. The highest BCUT2D eigenvalue weighted by molar-refractivity contribution is 7.13. The van der Waals surface area contributed by atoms with Crippen LogP contribution in [-0.4, -0.2) is 92.5 Å². The van der Waals surface area contributed by atoms with E-state index in [0.717, 1.165) is 51.1 Å². The number of nitrogens with zero attached hydrogens (tertiary/aromatic N) is 6. The fourth-order valence-electron chi connectivity index (χ4n) is 7.15. The number of methoxy groups -OCH3 is 2. The minimum absolute atomic E-state index is 0.112. The SMILES string of the molecule is COC1CCn2c(C(=O)N(C)C(C)(C)C)nc(-c3cccs3)c2C1C=C(F)F.COc1cc2c(cc1C=O)-c1c(-c3cccs3)nc(C(=O)N(C)C(C)(C)C)n1CC2. The number of carbonyl (C=O) groups excluding carboxylic acids is 3. The summed E-state index contributed by atoms with van der Waals surface area (Å²) < 4.78 is 41.2. The van der Waals surface area contributed by atoms with Gasteiger partial charge >= 0.3 is 0 Å². The summed E-state index contributed by atoms with van der Waals surface area (Å²) >= 11 is 3.05. The molecule has 5 aromatic rings. The van der Waals surface area contributed by atoms with Crippen LogP contribution in [0.5, 0.6) is 5.75 Å². The molecule has 0 fully saturated rings. The van der Waals surface area contributed by atoms with Gasteiger partial charge in [0.25, 0.3) is 17.9 Å². The molecule has 0 saturated carbocycles. The first-order chi connectivity index (χ1) is 27.4. The predicted octanol–water partition coefficient (Wildman–Crippen LogP) is 9.29. The van der Waals surface area contributed by atoms with Crippen molar-refractivity contribution in [3.63, 3.8) is 0 Å². The number of aldehydes is 1. The number of rotatable bonds is 8. The number of halogens is 2. The van der Waals surface area contributed by atoms with E-state index in [4.69, 9.17) is 14.5 Å². The number of thiophene rings is 2. The molecule has 1 aromatic carbocycles. The Hall–Kier alpha value is -4.99. The van der Waals surface area contributed by atoms with Gasteiger partial charge in [-0.2, -0.15) is 8.78 Å². The molecular weight excluding hydrogens is 783 g/mol. The Morgan fingerprint density at radius 1 is 0.862 bits per heavy atom. The molecule has 7 rings (SSSR count). The first-order valence-electron chi connectivity index (χ1n) is 19.0. The first-order valence-corrected chi connectivity index (χ1v) is 20.7. The number of aromatic nitrogens is 4. The molecule has 2 aliphatic heterocycles. The van der Waals surface area contributed by atoms with Crippen LogP contribution in [-0.2, 0) is 24.2 Å². The molecule has 0 spiro atoms. The van der Waals surface area contributed by atoms with Crippen LogP contribution in [0, 0.1) is 0 Å².